The largest absolute Gasteiger partial charge is 0.494 e. The van der Waals surface area contributed by atoms with Crippen molar-refractivity contribution < 1.29 is 14.3 Å². The summed E-state index contributed by atoms with van der Waals surface area (Å²) in [5, 5.41) is 3.23. The van der Waals surface area contributed by atoms with Gasteiger partial charge in [-0.05, 0) is 43.3 Å². The molecule has 0 spiro atoms. The zero-order valence-corrected chi connectivity index (χ0v) is 15.0. The van der Waals surface area contributed by atoms with E-state index in [0.717, 1.165) is 11.4 Å². The Morgan fingerprint density at radius 3 is 2.40 bits per heavy atom. The molecule has 0 aliphatic carbocycles. The van der Waals surface area contributed by atoms with Crippen molar-refractivity contribution in [3.05, 3.63) is 53.6 Å². The third kappa shape index (κ3) is 5.50. The highest BCUT2D eigenvalue weighted by Gasteiger charge is 2.14. The molecule has 0 heterocycles. The van der Waals surface area contributed by atoms with Gasteiger partial charge in [0.2, 0.25) is 11.8 Å². The van der Waals surface area contributed by atoms with Crippen molar-refractivity contribution in [2.75, 3.05) is 23.4 Å². The number of para-hydroxylation sites is 1. The van der Waals surface area contributed by atoms with Crippen LogP contribution in [-0.2, 0) is 9.59 Å². The minimum atomic E-state index is -0.203. The average molecular weight is 361 g/mol. The average Bonchev–Trinajstić information content (AvgIpc) is 2.58. The summed E-state index contributed by atoms with van der Waals surface area (Å²) in [5.74, 6) is 0.409. The van der Waals surface area contributed by atoms with E-state index in [-0.39, 0.29) is 24.8 Å². The van der Waals surface area contributed by atoms with Crippen molar-refractivity contribution in [3.8, 4) is 5.75 Å². The highest BCUT2D eigenvalue weighted by atomic mass is 35.5. The van der Waals surface area contributed by atoms with E-state index in [9.17, 15) is 9.59 Å². The van der Waals surface area contributed by atoms with E-state index in [4.69, 9.17) is 16.3 Å². The van der Waals surface area contributed by atoms with Crippen LogP contribution in [0, 0.1) is 0 Å². The second-order valence-corrected chi connectivity index (χ2v) is 5.78. The molecule has 0 saturated carbocycles. The quantitative estimate of drug-likeness (QED) is 0.808. The lowest BCUT2D eigenvalue weighted by molar-refractivity contribution is -0.117. The maximum absolute atomic E-state index is 12.1. The van der Waals surface area contributed by atoms with E-state index in [1.165, 1.54) is 6.92 Å². The van der Waals surface area contributed by atoms with Crippen molar-refractivity contribution in [3.63, 3.8) is 0 Å². The van der Waals surface area contributed by atoms with E-state index in [2.05, 4.69) is 5.32 Å². The molecule has 0 bridgehead atoms. The Kier molecular flexibility index (Phi) is 6.83. The summed E-state index contributed by atoms with van der Waals surface area (Å²) in [4.78, 5) is 25.6. The fraction of sp³-hybridized carbons (Fsp3) is 0.263. The lowest BCUT2D eigenvalue weighted by Crippen LogP contribution is -2.31. The van der Waals surface area contributed by atoms with Gasteiger partial charge in [0, 0.05) is 25.6 Å². The first-order chi connectivity index (χ1) is 12.0. The van der Waals surface area contributed by atoms with Gasteiger partial charge in [-0.3, -0.25) is 9.59 Å². The highest BCUT2D eigenvalue weighted by molar-refractivity contribution is 6.33. The molecular weight excluding hydrogens is 340 g/mol. The zero-order chi connectivity index (χ0) is 18.2. The maximum atomic E-state index is 12.1. The van der Waals surface area contributed by atoms with Crippen LogP contribution in [0.3, 0.4) is 0 Å². The van der Waals surface area contributed by atoms with Crippen molar-refractivity contribution in [1.29, 1.82) is 0 Å². The first kappa shape index (κ1) is 18.8. The number of benzene rings is 2. The van der Waals surface area contributed by atoms with Crippen molar-refractivity contribution >= 4 is 34.8 Å². The van der Waals surface area contributed by atoms with Crippen LogP contribution in [0.25, 0.3) is 0 Å². The number of ether oxygens (including phenoxy) is 1. The molecule has 0 unspecified atom stereocenters. The van der Waals surface area contributed by atoms with Crippen LogP contribution in [0.5, 0.6) is 5.75 Å². The number of anilines is 2. The molecule has 25 heavy (non-hydrogen) atoms. The molecule has 2 aromatic rings. The van der Waals surface area contributed by atoms with Crippen LogP contribution in [0.2, 0.25) is 5.02 Å². The van der Waals surface area contributed by atoms with Gasteiger partial charge >= 0.3 is 0 Å². The Morgan fingerprint density at radius 1 is 1.12 bits per heavy atom. The van der Waals surface area contributed by atoms with Gasteiger partial charge in [0.05, 0.1) is 17.3 Å². The first-order valence-corrected chi connectivity index (χ1v) is 8.44. The van der Waals surface area contributed by atoms with E-state index in [0.29, 0.717) is 17.3 Å². The number of carbonyl (C=O) groups excluding carboxylic acids is 2. The van der Waals surface area contributed by atoms with Gasteiger partial charge in [0.25, 0.3) is 0 Å². The fourth-order valence-electron chi connectivity index (χ4n) is 2.35. The molecule has 2 amide bonds. The molecule has 0 saturated heterocycles. The molecule has 132 valence electrons. The second kappa shape index (κ2) is 9.08. The molecule has 0 aliphatic heterocycles. The molecule has 0 fully saturated rings. The monoisotopic (exact) mass is 360 g/mol. The third-order valence-electron chi connectivity index (χ3n) is 3.55. The summed E-state index contributed by atoms with van der Waals surface area (Å²) < 4.78 is 5.40. The van der Waals surface area contributed by atoms with Crippen LogP contribution in [0.4, 0.5) is 11.4 Å². The predicted octanol–water partition coefficient (Wildman–Crippen LogP) is 4.12. The van der Waals surface area contributed by atoms with Gasteiger partial charge in [-0.1, -0.05) is 23.7 Å². The van der Waals surface area contributed by atoms with Crippen LogP contribution >= 0.6 is 11.6 Å². The fourth-order valence-corrected chi connectivity index (χ4v) is 2.53. The summed E-state index contributed by atoms with van der Waals surface area (Å²) in [6.07, 6.45) is 0.165. The number of nitrogens with one attached hydrogen (secondary N) is 1. The van der Waals surface area contributed by atoms with Gasteiger partial charge in [-0.15, -0.1) is 0 Å². The number of nitrogens with zero attached hydrogens (tertiary/aromatic N) is 1. The lowest BCUT2D eigenvalue weighted by Gasteiger charge is -2.21. The topological polar surface area (TPSA) is 58.6 Å². The van der Waals surface area contributed by atoms with Gasteiger partial charge in [-0.2, -0.15) is 0 Å². The highest BCUT2D eigenvalue weighted by Crippen LogP contribution is 2.22. The maximum Gasteiger partial charge on any atom is 0.226 e. The summed E-state index contributed by atoms with van der Waals surface area (Å²) in [7, 11) is 0. The Morgan fingerprint density at radius 2 is 1.80 bits per heavy atom. The van der Waals surface area contributed by atoms with Gasteiger partial charge in [0.15, 0.2) is 0 Å². The molecule has 2 aromatic carbocycles. The van der Waals surface area contributed by atoms with Crippen LogP contribution < -0.4 is 15.0 Å². The molecular formula is C19H21ClN2O3. The van der Waals surface area contributed by atoms with Gasteiger partial charge in [-0.25, -0.2) is 0 Å². The summed E-state index contributed by atoms with van der Waals surface area (Å²) in [6, 6.07) is 14.2. The normalized spacial score (nSPS) is 10.2. The van der Waals surface area contributed by atoms with Crippen molar-refractivity contribution in [2.45, 2.75) is 20.3 Å². The summed E-state index contributed by atoms with van der Waals surface area (Å²) in [5.41, 5.74) is 1.28. The number of hydrogen-bond donors (Lipinski definition) is 1. The number of rotatable bonds is 7. The molecule has 1 N–H and O–H groups in total. The molecule has 0 aliphatic rings. The molecule has 0 radical (unpaired) electrons. The standard InChI is InChI=1S/C19H21ClN2O3/c1-3-25-16-10-8-15(9-11-16)22(14(2)23)13-12-19(24)21-18-7-5-4-6-17(18)20/h4-11H,3,12-13H2,1-2H3,(H,21,24). The van der Waals surface area contributed by atoms with E-state index < -0.39 is 0 Å². The zero-order valence-electron chi connectivity index (χ0n) is 14.3. The molecule has 0 aromatic heterocycles. The SMILES string of the molecule is CCOc1ccc(N(CCC(=O)Nc2ccccc2Cl)C(C)=O)cc1. The molecule has 6 heteroatoms. The Bertz CT molecular complexity index is 732. The third-order valence-corrected chi connectivity index (χ3v) is 3.88. The second-order valence-electron chi connectivity index (χ2n) is 5.38. The summed E-state index contributed by atoms with van der Waals surface area (Å²) in [6.45, 7) is 4.24. The lowest BCUT2D eigenvalue weighted by atomic mass is 10.2. The molecule has 0 atom stereocenters. The minimum Gasteiger partial charge on any atom is -0.494 e. The van der Waals surface area contributed by atoms with Crippen LogP contribution in [0.1, 0.15) is 20.3 Å². The van der Waals surface area contributed by atoms with E-state index in [1.807, 2.05) is 6.92 Å². The number of hydrogen-bond acceptors (Lipinski definition) is 3. The predicted molar refractivity (Wildman–Crippen MR) is 100 cm³/mol. The first-order valence-electron chi connectivity index (χ1n) is 8.06. The Labute approximate surface area is 152 Å². The van der Waals surface area contributed by atoms with Gasteiger partial charge < -0.3 is 15.0 Å². The number of carbonyl (C=O) groups is 2. The molecule has 2 rings (SSSR count). The number of amides is 2. The van der Waals surface area contributed by atoms with Crippen molar-refractivity contribution in [2.24, 2.45) is 0 Å². The van der Waals surface area contributed by atoms with Crippen molar-refractivity contribution in [1.82, 2.24) is 0 Å². The number of halogens is 1. The van der Waals surface area contributed by atoms with E-state index >= 15 is 0 Å². The van der Waals surface area contributed by atoms with Crippen LogP contribution in [-0.4, -0.2) is 25.0 Å². The Hall–Kier alpha value is -2.53. The smallest absolute Gasteiger partial charge is 0.226 e. The van der Waals surface area contributed by atoms with E-state index in [1.54, 1.807) is 53.4 Å². The summed E-state index contributed by atoms with van der Waals surface area (Å²) >= 11 is 6.03. The van der Waals surface area contributed by atoms with Crippen LogP contribution in [0.15, 0.2) is 48.5 Å². The Balaban J connectivity index is 1.98. The minimum absolute atomic E-state index is 0.130. The van der Waals surface area contributed by atoms with Gasteiger partial charge in [0.1, 0.15) is 5.75 Å². The molecule has 5 nitrogen and oxygen atoms in total.